The number of rotatable bonds is 3. The van der Waals surface area contributed by atoms with Crippen LogP contribution in [0.4, 0.5) is 0 Å². The van der Waals surface area contributed by atoms with Gasteiger partial charge in [-0.15, -0.1) is 24.0 Å². The lowest BCUT2D eigenvalue weighted by molar-refractivity contribution is 0.381. The van der Waals surface area contributed by atoms with Crippen LogP contribution in [0.5, 0.6) is 0 Å². The molecule has 4 N–H and O–H groups in total. The van der Waals surface area contributed by atoms with Crippen LogP contribution in [0.15, 0.2) is 33.8 Å². The average Bonchev–Trinajstić information content (AvgIpc) is 2.76. The van der Waals surface area contributed by atoms with Gasteiger partial charge in [0.05, 0.1) is 0 Å². The highest BCUT2D eigenvalue weighted by molar-refractivity contribution is 14.0. The van der Waals surface area contributed by atoms with E-state index in [9.17, 15) is 0 Å². The molecule has 0 saturated carbocycles. The van der Waals surface area contributed by atoms with Gasteiger partial charge in [0.15, 0.2) is 5.96 Å². The van der Waals surface area contributed by atoms with E-state index in [1.54, 1.807) is 24.3 Å². The predicted octanol–water partition coefficient (Wildman–Crippen LogP) is 1.78. The van der Waals surface area contributed by atoms with Gasteiger partial charge in [-0.2, -0.15) is 4.98 Å². The first kappa shape index (κ1) is 14.7. The molecule has 0 unspecified atom stereocenters. The Balaban J connectivity index is 0.00000162. The van der Waals surface area contributed by atoms with Crippen LogP contribution in [0.3, 0.4) is 0 Å². The predicted molar refractivity (Wildman–Crippen MR) is 79.7 cm³/mol. The first-order valence-electron chi connectivity index (χ1n) is 4.79. The van der Waals surface area contributed by atoms with Crippen molar-refractivity contribution < 1.29 is 4.52 Å². The largest absolute Gasteiger partial charge is 0.370 e. The number of halogens is 2. The zero-order valence-electron chi connectivity index (χ0n) is 9.21. The highest BCUT2D eigenvalue weighted by Gasteiger charge is 2.07. The van der Waals surface area contributed by atoms with E-state index in [0.29, 0.717) is 16.7 Å². The molecule has 1 aromatic carbocycles. The first-order chi connectivity index (χ1) is 8.15. The number of nitrogens with two attached hydrogens (primary N) is 2. The third-order valence-electron chi connectivity index (χ3n) is 1.97. The second-order valence-corrected chi connectivity index (χ2v) is 3.70. The Hall–Kier alpha value is -1.35. The Kier molecular flexibility index (Phi) is 5.35. The first-order valence-corrected chi connectivity index (χ1v) is 5.17. The Labute approximate surface area is 125 Å². The fourth-order valence-electron chi connectivity index (χ4n) is 1.19. The quantitative estimate of drug-likeness (QED) is 0.481. The fourth-order valence-corrected chi connectivity index (χ4v) is 1.32. The van der Waals surface area contributed by atoms with Gasteiger partial charge >= 0.3 is 0 Å². The van der Waals surface area contributed by atoms with E-state index >= 15 is 0 Å². The average molecular weight is 380 g/mol. The van der Waals surface area contributed by atoms with Crippen molar-refractivity contribution in [1.82, 2.24) is 10.1 Å². The molecule has 0 radical (unpaired) electrons. The van der Waals surface area contributed by atoms with Crippen molar-refractivity contribution in [3.8, 4) is 11.4 Å². The Morgan fingerprint density at radius 2 is 1.94 bits per heavy atom. The minimum absolute atomic E-state index is 0. The second-order valence-electron chi connectivity index (χ2n) is 3.26. The van der Waals surface area contributed by atoms with Crippen molar-refractivity contribution in [3.63, 3.8) is 0 Å². The van der Waals surface area contributed by atoms with Crippen LogP contribution in [-0.2, 0) is 6.54 Å². The molecule has 0 fully saturated rings. The molecule has 2 rings (SSSR count). The van der Waals surface area contributed by atoms with Crippen LogP contribution >= 0.6 is 35.6 Å². The summed E-state index contributed by atoms with van der Waals surface area (Å²) in [5, 5.41) is 4.46. The molecule has 8 heteroatoms. The monoisotopic (exact) mass is 379 g/mol. The van der Waals surface area contributed by atoms with E-state index in [-0.39, 0.29) is 36.5 Å². The van der Waals surface area contributed by atoms with Gasteiger partial charge in [0.1, 0.15) is 6.54 Å². The normalized spacial score (nSPS) is 9.61. The van der Waals surface area contributed by atoms with Crippen molar-refractivity contribution >= 4 is 41.5 Å². The summed E-state index contributed by atoms with van der Waals surface area (Å²) in [4.78, 5) is 7.91. The summed E-state index contributed by atoms with van der Waals surface area (Å²) in [6.07, 6.45) is 0. The molecule has 0 bridgehead atoms. The van der Waals surface area contributed by atoms with Gasteiger partial charge in [0.2, 0.25) is 11.7 Å². The van der Waals surface area contributed by atoms with Crippen molar-refractivity contribution in [2.24, 2.45) is 16.5 Å². The summed E-state index contributed by atoms with van der Waals surface area (Å²) in [5.74, 6) is 0.807. The van der Waals surface area contributed by atoms with Gasteiger partial charge in [-0.25, -0.2) is 4.99 Å². The van der Waals surface area contributed by atoms with E-state index < -0.39 is 0 Å². The van der Waals surface area contributed by atoms with Gasteiger partial charge in [-0.1, -0.05) is 16.8 Å². The summed E-state index contributed by atoms with van der Waals surface area (Å²) < 4.78 is 4.99. The molecular formula is C10H11ClIN5O. The van der Waals surface area contributed by atoms with Crippen LogP contribution in [0, 0.1) is 0 Å². The minimum Gasteiger partial charge on any atom is -0.370 e. The molecule has 0 atom stereocenters. The highest BCUT2D eigenvalue weighted by atomic mass is 127. The molecule has 18 heavy (non-hydrogen) atoms. The third-order valence-corrected chi connectivity index (χ3v) is 2.22. The molecule has 0 aliphatic rings. The zero-order valence-corrected chi connectivity index (χ0v) is 12.3. The topological polar surface area (TPSA) is 103 Å². The summed E-state index contributed by atoms with van der Waals surface area (Å²) in [6, 6.07) is 7.11. The lowest BCUT2D eigenvalue weighted by Crippen LogP contribution is -2.22. The molecule has 0 aliphatic heterocycles. The van der Waals surface area contributed by atoms with Gasteiger partial charge in [-0.05, 0) is 24.3 Å². The number of benzene rings is 1. The summed E-state index contributed by atoms with van der Waals surface area (Å²) in [6.45, 7) is 0.170. The zero-order chi connectivity index (χ0) is 12.3. The van der Waals surface area contributed by atoms with E-state index in [2.05, 4.69) is 15.1 Å². The molecule has 0 saturated heterocycles. The van der Waals surface area contributed by atoms with Gasteiger partial charge in [0.25, 0.3) is 0 Å². The molecule has 1 aromatic heterocycles. The Morgan fingerprint density at radius 1 is 1.28 bits per heavy atom. The highest BCUT2D eigenvalue weighted by Crippen LogP contribution is 2.18. The number of nitrogens with zero attached hydrogens (tertiary/aromatic N) is 3. The van der Waals surface area contributed by atoms with Crippen molar-refractivity contribution in [2.45, 2.75) is 6.54 Å². The van der Waals surface area contributed by atoms with Gasteiger partial charge < -0.3 is 16.0 Å². The van der Waals surface area contributed by atoms with E-state index in [4.69, 9.17) is 27.6 Å². The van der Waals surface area contributed by atoms with E-state index in [1.807, 2.05) is 0 Å². The Bertz CT molecular complexity index is 535. The molecule has 0 aliphatic carbocycles. The summed E-state index contributed by atoms with van der Waals surface area (Å²) in [7, 11) is 0. The molecular weight excluding hydrogens is 369 g/mol. The molecule has 0 amide bonds. The minimum atomic E-state index is -0.0174. The van der Waals surface area contributed by atoms with E-state index in [1.165, 1.54) is 0 Å². The van der Waals surface area contributed by atoms with Gasteiger partial charge in [0, 0.05) is 10.6 Å². The Morgan fingerprint density at radius 3 is 2.56 bits per heavy atom. The maximum absolute atomic E-state index is 5.78. The van der Waals surface area contributed by atoms with Gasteiger partial charge in [-0.3, -0.25) is 0 Å². The standard InChI is InChI=1S/C10H10ClN5O.HI/c11-7-3-1-6(2-4-7)9-15-8(17-16-9)5-14-10(12)13;/h1-4H,5H2,(H4,12,13,14);1H. The SMILES string of the molecule is I.NC(N)=NCc1nc(-c2ccc(Cl)cc2)no1. The van der Waals surface area contributed by atoms with Crippen LogP contribution in [0.25, 0.3) is 11.4 Å². The molecule has 1 heterocycles. The molecule has 6 nitrogen and oxygen atoms in total. The lowest BCUT2D eigenvalue weighted by Gasteiger charge is -1.93. The molecule has 0 spiro atoms. The van der Waals surface area contributed by atoms with E-state index in [0.717, 1.165) is 5.56 Å². The number of hydrogen-bond acceptors (Lipinski definition) is 4. The van der Waals surface area contributed by atoms with Crippen LogP contribution in [0.2, 0.25) is 5.02 Å². The smallest absolute Gasteiger partial charge is 0.248 e. The van der Waals surface area contributed by atoms with Crippen molar-refractivity contribution in [3.05, 3.63) is 35.2 Å². The maximum atomic E-state index is 5.78. The van der Waals surface area contributed by atoms with Crippen molar-refractivity contribution in [1.29, 1.82) is 0 Å². The second kappa shape index (κ2) is 6.55. The number of guanidine groups is 1. The number of aromatic nitrogens is 2. The third kappa shape index (κ3) is 3.84. The molecule has 96 valence electrons. The summed E-state index contributed by atoms with van der Waals surface area (Å²) in [5.41, 5.74) is 11.2. The lowest BCUT2D eigenvalue weighted by atomic mass is 10.2. The van der Waals surface area contributed by atoms with Crippen molar-refractivity contribution in [2.75, 3.05) is 0 Å². The summed E-state index contributed by atoms with van der Waals surface area (Å²) >= 11 is 5.78. The molecule has 2 aromatic rings. The van der Waals surface area contributed by atoms with Crippen LogP contribution < -0.4 is 11.5 Å². The van der Waals surface area contributed by atoms with Crippen LogP contribution in [-0.4, -0.2) is 16.1 Å². The van der Waals surface area contributed by atoms with Crippen LogP contribution in [0.1, 0.15) is 5.89 Å². The fraction of sp³-hybridized carbons (Fsp3) is 0.100. The number of hydrogen-bond donors (Lipinski definition) is 2. The number of aliphatic imine (C=N–C) groups is 1. The maximum Gasteiger partial charge on any atom is 0.248 e.